The van der Waals surface area contributed by atoms with Gasteiger partial charge in [-0.05, 0) is 63.6 Å². The highest BCUT2D eigenvalue weighted by Crippen LogP contribution is 2.38. The zero-order valence-electron chi connectivity index (χ0n) is 22.8. The highest BCUT2D eigenvalue weighted by atomic mass is 32.1. The molecule has 0 unspecified atom stereocenters. The fourth-order valence-electron chi connectivity index (χ4n) is 5.61. The number of nitrogens with one attached hydrogen (secondary N) is 3. The van der Waals surface area contributed by atoms with Gasteiger partial charge in [0.2, 0.25) is 0 Å². The molecule has 0 spiro atoms. The molecule has 8 heteroatoms. The van der Waals surface area contributed by atoms with Crippen LogP contribution in [0.4, 0.5) is 5.69 Å². The molecule has 6 rings (SSSR count). The Morgan fingerprint density at radius 1 is 1.07 bits per heavy atom. The van der Waals surface area contributed by atoms with E-state index < -0.39 is 0 Å². The molecule has 2 aliphatic heterocycles. The zero-order chi connectivity index (χ0) is 27.6. The van der Waals surface area contributed by atoms with Gasteiger partial charge in [0.05, 0.1) is 16.8 Å². The quantitative estimate of drug-likeness (QED) is 0.241. The number of nitrogens with zero attached hydrogens (tertiary/aromatic N) is 2. The molecule has 2 aromatic carbocycles. The van der Waals surface area contributed by atoms with Crippen LogP contribution in [0.1, 0.15) is 52.1 Å². The van der Waals surface area contributed by atoms with Crippen molar-refractivity contribution in [2.45, 2.75) is 33.1 Å². The van der Waals surface area contributed by atoms with Crippen molar-refractivity contribution in [1.29, 1.82) is 0 Å². The number of piperidine rings is 1. The molecule has 1 fully saturated rings. The van der Waals surface area contributed by atoms with Crippen molar-refractivity contribution in [3.8, 4) is 21.8 Å². The van der Waals surface area contributed by atoms with E-state index in [0.29, 0.717) is 17.7 Å². The number of hydrogen-bond acceptors (Lipinski definition) is 5. The molecule has 1 saturated heterocycles. The summed E-state index contributed by atoms with van der Waals surface area (Å²) in [5, 5.41) is 9.08. The molecule has 4 aromatic rings. The van der Waals surface area contributed by atoms with Crippen LogP contribution in [0.15, 0.2) is 53.9 Å². The lowest BCUT2D eigenvalue weighted by Crippen LogP contribution is -2.37. The smallest absolute Gasteiger partial charge is 0.256 e. The van der Waals surface area contributed by atoms with E-state index in [1.165, 1.54) is 19.3 Å². The van der Waals surface area contributed by atoms with Crippen LogP contribution >= 0.6 is 11.3 Å². The lowest BCUT2D eigenvalue weighted by molar-refractivity contribution is -0.110. The fourth-order valence-corrected chi connectivity index (χ4v) is 6.45. The molecule has 4 heterocycles. The lowest BCUT2D eigenvalue weighted by Gasteiger charge is -2.26. The van der Waals surface area contributed by atoms with Crippen LogP contribution in [0.5, 0.6) is 0 Å². The summed E-state index contributed by atoms with van der Waals surface area (Å²) in [6.07, 6.45) is 5.62. The summed E-state index contributed by atoms with van der Waals surface area (Å²) < 4.78 is 0. The molecule has 0 aliphatic carbocycles. The van der Waals surface area contributed by atoms with Gasteiger partial charge in [-0.1, -0.05) is 42.8 Å². The van der Waals surface area contributed by atoms with Crippen LogP contribution in [-0.2, 0) is 4.79 Å². The Morgan fingerprint density at radius 2 is 1.88 bits per heavy atom. The van der Waals surface area contributed by atoms with Crippen molar-refractivity contribution in [3.63, 3.8) is 0 Å². The number of aromatic nitrogens is 2. The number of anilines is 1. The van der Waals surface area contributed by atoms with E-state index in [9.17, 15) is 9.59 Å². The molecule has 0 bridgehead atoms. The minimum Gasteiger partial charge on any atom is -0.358 e. The SMILES string of the molecule is Cc1[nH]c(/C=C2\C(=O)Nc3ccc(-c4csc(-c5ccccc5)n4)cc32)c(C)c1C(=O)NCCN1CCCCC1. The zero-order valence-corrected chi connectivity index (χ0v) is 23.7. The van der Waals surface area contributed by atoms with Crippen LogP contribution in [0, 0.1) is 13.8 Å². The van der Waals surface area contributed by atoms with Gasteiger partial charge < -0.3 is 20.5 Å². The fraction of sp³-hybridized carbons (Fsp3) is 0.281. The molecule has 7 nitrogen and oxygen atoms in total. The Hall–Kier alpha value is -4.01. The van der Waals surface area contributed by atoms with Crippen LogP contribution in [0.25, 0.3) is 33.5 Å². The number of thiazole rings is 1. The molecule has 204 valence electrons. The lowest BCUT2D eigenvalue weighted by atomic mass is 10.0. The van der Waals surface area contributed by atoms with Crippen molar-refractivity contribution in [3.05, 3.63) is 82.0 Å². The molecule has 40 heavy (non-hydrogen) atoms. The molecular formula is C32H33N5O2S. The summed E-state index contributed by atoms with van der Waals surface area (Å²) in [5.41, 5.74) is 8.13. The van der Waals surface area contributed by atoms with Gasteiger partial charge in [-0.15, -0.1) is 11.3 Å². The number of carbonyl (C=O) groups is 2. The summed E-state index contributed by atoms with van der Waals surface area (Å²) in [7, 11) is 0. The maximum atomic E-state index is 13.1. The van der Waals surface area contributed by atoms with E-state index in [1.54, 1.807) is 11.3 Å². The minimum atomic E-state index is -0.158. The summed E-state index contributed by atoms with van der Waals surface area (Å²) in [6, 6.07) is 16.1. The molecule has 2 aliphatic rings. The minimum absolute atomic E-state index is 0.0794. The predicted molar refractivity (Wildman–Crippen MR) is 162 cm³/mol. The second kappa shape index (κ2) is 11.2. The first-order valence-corrected chi connectivity index (χ1v) is 14.7. The molecule has 0 atom stereocenters. The highest BCUT2D eigenvalue weighted by molar-refractivity contribution is 7.13. The van der Waals surface area contributed by atoms with Crippen LogP contribution in [0.3, 0.4) is 0 Å². The van der Waals surface area contributed by atoms with Gasteiger partial charge in [0, 0.05) is 52.2 Å². The number of amides is 2. The number of aryl methyl sites for hydroxylation is 1. The molecule has 0 radical (unpaired) electrons. The number of carbonyl (C=O) groups excluding carboxylic acids is 2. The third-order valence-corrected chi connectivity index (χ3v) is 8.67. The molecule has 3 N–H and O–H groups in total. The van der Waals surface area contributed by atoms with Crippen LogP contribution in [0.2, 0.25) is 0 Å². The molecule has 2 amide bonds. The second-order valence-corrected chi connectivity index (χ2v) is 11.4. The maximum absolute atomic E-state index is 13.1. The van der Waals surface area contributed by atoms with Crippen LogP contribution in [-0.4, -0.2) is 52.9 Å². The topological polar surface area (TPSA) is 90.1 Å². The monoisotopic (exact) mass is 551 g/mol. The summed E-state index contributed by atoms with van der Waals surface area (Å²) in [6.45, 7) is 7.55. The Morgan fingerprint density at radius 3 is 2.67 bits per heavy atom. The number of hydrogen-bond donors (Lipinski definition) is 3. The van der Waals surface area contributed by atoms with E-state index in [4.69, 9.17) is 4.98 Å². The van der Waals surface area contributed by atoms with Gasteiger partial charge >= 0.3 is 0 Å². The van der Waals surface area contributed by atoms with E-state index in [1.807, 2.05) is 61.7 Å². The van der Waals surface area contributed by atoms with Crippen molar-refractivity contribution >= 4 is 40.5 Å². The van der Waals surface area contributed by atoms with Crippen molar-refractivity contribution in [1.82, 2.24) is 20.2 Å². The molecular weight excluding hydrogens is 518 g/mol. The Bertz CT molecular complexity index is 1590. The Balaban J connectivity index is 1.23. The van der Waals surface area contributed by atoms with Gasteiger partial charge in [-0.3, -0.25) is 9.59 Å². The third-order valence-electron chi connectivity index (χ3n) is 7.78. The standard InChI is InChI=1S/C32H33N5O2S/c1-20-27(34-21(2)29(20)31(39)33-13-16-37-14-7-4-8-15-37)18-25-24-17-23(11-12-26(24)35-30(25)38)28-19-40-32(36-28)22-9-5-3-6-10-22/h3,5-6,9-12,17-19,34H,4,7-8,13-16H2,1-2H3,(H,33,39)(H,35,38)/b25-18-. The summed E-state index contributed by atoms with van der Waals surface area (Å²) >= 11 is 1.60. The van der Waals surface area contributed by atoms with Gasteiger partial charge in [-0.25, -0.2) is 4.98 Å². The van der Waals surface area contributed by atoms with Crippen molar-refractivity contribution in [2.75, 3.05) is 31.5 Å². The number of fused-ring (bicyclic) bond motifs is 1. The van der Waals surface area contributed by atoms with Gasteiger partial charge in [0.1, 0.15) is 5.01 Å². The summed E-state index contributed by atoms with van der Waals surface area (Å²) in [4.78, 5) is 36.7. The van der Waals surface area contributed by atoms with Gasteiger partial charge in [-0.2, -0.15) is 0 Å². The highest BCUT2D eigenvalue weighted by Gasteiger charge is 2.26. The number of H-pyrrole nitrogens is 1. The first-order chi connectivity index (χ1) is 19.5. The van der Waals surface area contributed by atoms with Crippen LogP contribution < -0.4 is 10.6 Å². The number of aromatic amines is 1. The van der Waals surface area contributed by atoms with Gasteiger partial charge in [0.25, 0.3) is 11.8 Å². The van der Waals surface area contributed by atoms with E-state index >= 15 is 0 Å². The Kier molecular flexibility index (Phi) is 7.36. The third kappa shape index (κ3) is 5.24. The molecule has 0 saturated carbocycles. The number of rotatable bonds is 7. The normalized spacial score (nSPS) is 16.2. The first kappa shape index (κ1) is 26.2. The Labute approximate surface area is 238 Å². The van der Waals surface area contributed by atoms with E-state index in [-0.39, 0.29) is 11.8 Å². The second-order valence-electron chi connectivity index (χ2n) is 10.5. The van der Waals surface area contributed by atoms with Crippen molar-refractivity contribution < 1.29 is 9.59 Å². The molecule has 2 aromatic heterocycles. The van der Waals surface area contributed by atoms with E-state index in [2.05, 4.69) is 32.7 Å². The predicted octanol–water partition coefficient (Wildman–Crippen LogP) is 6.13. The largest absolute Gasteiger partial charge is 0.358 e. The first-order valence-electron chi connectivity index (χ1n) is 13.9. The van der Waals surface area contributed by atoms with Gasteiger partial charge in [0.15, 0.2) is 0 Å². The van der Waals surface area contributed by atoms with Crippen molar-refractivity contribution in [2.24, 2.45) is 0 Å². The average Bonchev–Trinajstić information content (AvgIpc) is 3.66. The maximum Gasteiger partial charge on any atom is 0.256 e. The average molecular weight is 552 g/mol. The van der Waals surface area contributed by atoms with E-state index in [0.717, 1.165) is 69.7 Å². The number of likely N-dealkylation sites (tertiary alicyclic amines) is 1. The summed E-state index contributed by atoms with van der Waals surface area (Å²) in [5.74, 6) is -0.237. The number of benzene rings is 2.